The Hall–Kier alpha value is -3.79. The fourth-order valence-electron chi connectivity index (χ4n) is 6.17. The highest BCUT2D eigenvalue weighted by Crippen LogP contribution is 2.44. The van der Waals surface area contributed by atoms with E-state index in [4.69, 9.17) is 17.0 Å². The fourth-order valence-corrected chi connectivity index (χ4v) is 8.58. The Morgan fingerprint density at radius 3 is 2.61 bits per heavy atom. The molecule has 7 rings (SSSR count). The molecule has 1 atom stereocenters. The summed E-state index contributed by atoms with van der Waals surface area (Å²) in [6.07, 6.45) is 1.53. The summed E-state index contributed by atoms with van der Waals surface area (Å²) in [6.45, 7) is 1.33. The molecule has 3 aromatic carbocycles. The van der Waals surface area contributed by atoms with E-state index in [1.807, 2.05) is 59.5 Å². The van der Waals surface area contributed by atoms with E-state index in [1.54, 1.807) is 20.7 Å². The monoisotopic (exact) mass is 597 g/mol. The van der Waals surface area contributed by atoms with Crippen molar-refractivity contribution < 1.29 is 14.3 Å². The summed E-state index contributed by atoms with van der Waals surface area (Å²) in [6, 6.07) is 25.8. The molecule has 0 radical (unpaired) electrons. The third-order valence-electron chi connectivity index (χ3n) is 8.00. The number of anilines is 1. The minimum absolute atomic E-state index is 0.0741. The summed E-state index contributed by atoms with van der Waals surface area (Å²) in [4.78, 5) is 31.7. The zero-order valence-electron chi connectivity index (χ0n) is 22.4. The summed E-state index contributed by atoms with van der Waals surface area (Å²) in [5.74, 6) is 0.359. The Labute approximate surface area is 250 Å². The summed E-state index contributed by atoms with van der Waals surface area (Å²) < 4.78 is 8.85. The van der Waals surface area contributed by atoms with Gasteiger partial charge in [0.15, 0.2) is 0 Å². The van der Waals surface area contributed by atoms with Crippen LogP contribution in [0.25, 0.3) is 21.3 Å². The SMILES string of the molecule is CN1c2ccccc2C(=O)N2CCc3c(n(CCCC(=O)Oc4ccc(-c5cc(=S)ss5)cc4)c4ccccc34)C21. The number of para-hydroxylation sites is 2. The number of nitrogens with zero attached hydrogens (tertiary/aromatic N) is 3. The van der Waals surface area contributed by atoms with Gasteiger partial charge in [0, 0.05) is 42.3 Å². The number of hydrogen-bond acceptors (Lipinski definition) is 7. The number of aryl methyl sites for hydroxylation is 1. The van der Waals surface area contributed by atoms with E-state index in [0.717, 1.165) is 43.1 Å². The van der Waals surface area contributed by atoms with Crippen molar-refractivity contribution in [1.29, 1.82) is 0 Å². The highest BCUT2D eigenvalue weighted by Gasteiger charge is 2.42. The second-order valence-corrected chi connectivity index (χ2v) is 13.3. The van der Waals surface area contributed by atoms with Crippen LogP contribution < -0.4 is 9.64 Å². The highest BCUT2D eigenvalue weighted by molar-refractivity contribution is 7.80. The minimum Gasteiger partial charge on any atom is -0.427 e. The molecule has 2 aliphatic heterocycles. The lowest BCUT2D eigenvalue weighted by Crippen LogP contribution is -2.51. The van der Waals surface area contributed by atoms with Crippen LogP contribution in [0.15, 0.2) is 78.9 Å². The Bertz CT molecular complexity index is 1850. The molecule has 0 aliphatic carbocycles. The van der Waals surface area contributed by atoms with E-state index in [0.29, 0.717) is 31.7 Å². The van der Waals surface area contributed by atoms with Crippen molar-refractivity contribution in [2.24, 2.45) is 0 Å². The van der Waals surface area contributed by atoms with Crippen LogP contribution in [0.4, 0.5) is 5.69 Å². The lowest BCUT2D eigenvalue weighted by atomic mass is 9.96. The lowest BCUT2D eigenvalue weighted by molar-refractivity contribution is -0.134. The van der Waals surface area contributed by atoms with E-state index >= 15 is 0 Å². The van der Waals surface area contributed by atoms with Gasteiger partial charge in [0.25, 0.3) is 5.91 Å². The van der Waals surface area contributed by atoms with Crippen LogP contribution in [0.5, 0.6) is 5.75 Å². The topological polar surface area (TPSA) is 54.8 Å². The van der Waals surface area contributed by atoms with Crippen molar-refractivity contribution in [3.63, 3.8) is 0 Å². The number of fused-ring (bicyclic) bond motifs is 6. The summed E-state index contributed by atoms with van der Waals surface area (Å²) in [5.41, 5.74) is 6.33. The van der Waals surface area contributed by atoms with E-state index in [9.17, 15) is 9.59 Å². The smallest absolute Gasteiger partial charge is 0.311 e. The van der Waals surface area contributed by atoms with Crippen LogP contribution in [-0.4, -0.2) is 34.9 Å². The van der Waals surface area contributed by atoms with Crippen LogP contribution in [-0.2, 0) is 17.8 Å². The van der Waals surface area contributed by atoms with E-state index < -0.39 is 0 Å². The number of rotatable bonds is 6. The van der Waals surface area contributed by atoms with Gasteiger partial charge in [0.1, 0.15) is 15.7 Å². The number of aromatic nitrogens is 1. The van der Waals surface area contributed by atoms with Gasteiger partial charge >= 0.3 is 5.97 Å². The second-order valence-electron chi connectivity index (χ2n) is 10.4. The van der Waals surface area contributed by atoms with Crippen molar-refractivity contribution in [3.05, 3.63) is 99.5 Å². The molecule has 0 saturated heterocycles. The maximum Gasteiger partial charge on any atom is 0.311 e. The molecule has 4 heterocycles. The molecule has 1 unspecified atom stereocenters. The van der Waals surface area contributed by atoms with Gasteiger partial charge in [0.2, 0.25) is 0 Å². The number of benzene rings is 3. The van der Waals surface area contributed by atoms with Gasteiger partial charge in [-0.25, -0.2) is 0 Å². The van der Waals surface area contributed by atoms with Crippen molar-refractivity contribution in [1.82, 2.24) is 9.47 Å². The van der Waals surface area contributed by atoms with Gasteiger partial charge in [-0.05, 0) is 72.5 Å². The molecule has 2 aliphatic rings. The molecular weight excluding hydrogens is 571 g/mol. The normalized spacial score (nSPS) is 15.9. The summed E-state index contributed by atoms with van der Waals surface area (Å²) >= 11 is 5.24. The molecule has 0 N–H and O–H groups in total. The molecule has 9 heteroatoms. The average Bonchev–Trinajstić information content (AvgIpc) is 3.57. The Morgan fingerprint density at radius 1 is 1.02 bits per heavy atom. The highest BCUT2D eigenvalue weighted by atomic mass is 32.9. The first kappa shape index (κ1) is 26.1. The number of carbonyl (C=O) groups is 2. The molecule has 1 amide bonds. The first-order chi connectivity index (χ1) is 20.0. The molecule has 0 fully saturated rings. The predicted octanol–water partition coefficient (Wildman–Crippen LogP) is 7.69. The third-order valence-corrected chi connectivity index (χ3v) is 10.9. The van der Waals surface area contributed by atoms with Gasteiger partial charge in [0.05, 0.1) is 16.9 Å². The van der Waals surface area contributed by atoms with Gasteiger partial charge < -0.3 is 19.1 Å². The van der Waals surface area contributed by atoms with Gasteiger partial charge in [-0.2, -0.15) is 0 Å². The quantitative estimate of drug-likeness (QED) is 0.0869. The number of hydrogen-bond donors (Lipinski definition) is 0. The standard InChI is InChI=1S/C32H27N3O3S3/c1-33-25-9-4-3-8-24(25)32(37)35-18-16-23-22-7-2-5-10-26(22)34(30(23)31(33)35)17-6-11-28(36)38-21-14-12-20(13-15-21)27-19-29(39)41-40-27/h2-5,7-10,12-15,19,31H,6,11,16-18H2,1H3. The first-order valence-corrected chi connectivity index (χ1v) is 16.2. The van der Waals surface area contributed by atoms with Crippen LogP contribution >= 0.6 is 32.9 Å². The maximum atomic E-state index is 13.5. The molecule has 0 bridgehead atoms. The Morgan fingerprint density at radius 2 is 1.80 bits per heavy atom. The number of ether oxygens (including phenoxy) is 1. The van der Waals surface area contributed by atoms with Gasteiger partial charge in [-0.3, -0.25) is 9.59 Å². The van der Waals surface area contributed by atoms with Crippen LogP contribution in [0.2, 0.25) is 0 Å². The van der Waals surface area contributed by atoms with Gasteiger partial charge in [-0.1, -0.05) is 63.2 Å². The van der Waals surface area contributed by atoms with Crippen LogP contribution in [0, 0.1) is 3.82 Å². The second kappa shape index (κ2) is 10.6. The first-order valence-electron chi connectivity index (χ1n) is 13.6. The number of carbonyl (C=O) groups excluding carboxylic acids is 2. The van der Waals surface area contributed by atoms with Crippen molar-refractivity contribution >= 4 is 61.4 Å². The molecule has 41 heavy (non-hydrogen) atoms. The van der Waals surface area contributed by atoms with Crippen LogP contribution in [0.3, 0.4) is 0 Å². The molecule has 2 aromatic heterocycles. The van der Waals surface area contributed by atoms with Crippen molar-refractivity contribution in [2.45, 2.75) is 32.0 Å². The number of esters is 1. The fraction of sp³-hybridized carbons (Fsp3) is 0.219. The molecule has 6 nitrogen and oxygen atoms in total. The van der Waals surface area contributed by atoms with Crippen molar-refractivity contribution in [3.8, 4) is 16.2 Å². The average molecular weight is 598 g/mol. The van der Waals surface area contributed by atoms with Crippen LogP contribution in [0.1, 0.15) is 40.6 Å². The Kier molecular flexibility index (Phi) is 6.73. The molecular formula is C32H27N3O3S3. The Balaban J connectivity index is 1.12. The van der Waals surface area contributed by atoms with E-state index in [2.05, 4.69) is 40.8 Å². The molecule has 0 spiro atoms. The molecule has 0 saturated carbocycles. The largest absolute Gasteiger partial charge is 0.427 e. The van der Waals surface area contributed by atoms with E-state index in [-0.39, 0.29) is 18.0 Å². The number of amides is 1. The predicted molar refractivity (Wildman–Crippen MR) is 168 cm³/mol. The third kappa shape index (κ3) is 4.58. The summed E-state index contributed by atoms with van der Waals surface area (Å²) in [7, 11) is 5.30. The minimum atomic E-state index is -0.255. The van der Waals surface area contributed by atoms with E-state index in [1.165, 1.54) is 10.9 Å². The maximum absolute atomic E-state index is 13.5. The zero-order valence-corrected chi connectivity index (χ0v) is 24.9. The lowest BCUT2D eigenvalue weighted by Gasteiger charge is -2.46. The zero-order chi connectivity index (χ0) is 28.1. The molecule has 5 aromatic rings. The molecule has 206 valence electrons. The van der Waals surface area contributed by atoms with Gasteiger partial charge in [-0.15, -0.1) is 0 Å². The summed E-state index contributed by atoms with van der Waals surface area (Å²) in [5, 5.41) is 1.22. The van der Waals surface area contributed by atoms with Crippen molar-refractivity contribution in [2.75, 3.05) is 18.5 Å².